The molecule has 0 bridgehead atoms. The van der Waals surface area contributed by atoms with Crippen molar-refractivity contribution in [3.8, 4) is 0 Å². The molecule has 1 amide bonds. The second kappa shape index (κ2) is 7.94. The van der Waals surface area contributed by atoms with Crippen molar-refractivity contribution in [2.24, 2.45) is 5.92 Å². The number of nitrogens with zero attached hydrogens (tertiary/aromatic N) is 1. The van der Waals surface area contributed by atoms with Crippen molar-refractivity contribution >= 4 is 11.6 Å². The van der Waals surface area contributed by atoms with Crippen LogP contribution in [0.2, 0.25) is 0 Å². The van der Waals surface area contributed by atoms with Crippen LogP contribution in [0, 0.1) is 19.8 Å². The summed E-state index contributed by atoms with van der Waals surface area (Å²) in [7, 11) is 0. The number of piperidine rings is 1. The Bertz CT molecular complexity index is 766. The molecule has 1 aliphatic heterocycles. The largest absolute Gasteiger partial charge is 0.371 e. The lowest BCUT2D eigenvalue weighted by molar-refractivity contribution is 0.0940. The molecule has 2 atom stereocenters. The Morgan fingerprint density at radius 3 is 2.50 bits per heavy atom. The van der Waals surface area contributed by atoms with Gasteiger partial charge in [0.15, 0.2) is 0 Å². The van der Waals surface area contributed by atoms with E-state index in [2.05, 4.69) is 48.3 Å². The van der Waals surface area contributed by atoms with E-state index in [1.54, 1.807) is 0 Å². The average molecular weight is 351 g/mol. The van der Waals surface area contributed by atoms with Crippen molar-refractivity contribution in [2.45, 2.75) is 46.6 Å². The summed E-state index contributed by atoms with van der Waals surface area (Å²) in [5.74, 6) is 0.745. The lowest BCUT2D eigenvalue weighted by Gasteiger charge is -2.33. The van der Waals surface area contributed by atoms with Crippen molar-refractivity contribution < 1.29 is 4.79 Å². The lowest BCUT2D eigenvalue weighted by Crippen LogP contribution is -2.34. The SMILES string of the molecule is Cc1ccc(C(=O)N[C@H](C)c2ccc(N3CCC[C@@H](C)C3)cc2)cc1C. The Balaban J connectivity index is 1.65. The van der Waals surface area contributed by atoms with E-state index in [0.29, 0.717) is 0 Å². The van der Waals surface area contributed by atoms with E-state index in [4.69, 9.17) is 0 Å². The minimum Gasteiger partial charge on any atom is -0.371 e. The van der Waals surface area contributed by atoms with Crippen molar-refractivity contribution in [3.05, 3.63) is 64.7 Å². The molecule has 3 nitrogen and oxygen atoms in total. The molecule has 26 heavy (non-hydrogen) atoms. The molecule has 1 aliphatic rings. The molecular weight excluding hydrogens is 320 g/mol. The Morgan fingerprint density at radius 1 is 1.12 bits per heavy atom. The molecular formula is C23H30N2O. The molecule has 0 aliphatic carbocycles. The highest BCUT2D eigenvalue weighted by Gasteiger charge is 2.17. The highest BCUT2D eigenvalue weighted by molar-refractivity contribution is 5.94. The monoisotopic (exact) mass is 350 g/mol. The molecule has 0 aromatic heterocycles. The molecule has 3 rings (SSSR count). The van der Waals surface area contributed by atoms with Gasteiger partial charge in [-0.1, -0.05) is 25.1 Å². The van der Waals surface area contributed by atoms with E-state index in [1.807, 2.05) is 32.0 Å². The first-order valence-electron chi connectivity index (χ1n) is 9.67. The number of hydrogen-bond acceptors (Lipinski definition) is 2. The molecule has 1 heterocycles. The van der Waals surface area contributed by atoms with Gasteiger partial charge in [0.05, 0.1) is 6.04 Å². The van der Waals surface area contributed by atoms with Crippen LogP contribution in [0.3, 0.4) is 0 Å². The number of anilines is 1. The van der Waals surface area contributed by atoms with Crippen molar-refractivity contribution in [3.63, 3.8) is 0 Å². The van der Waals surface area contributed by atoms with Gasteiger partial charge in [-0.3, -0.25) is 4.79 Å². The summed E-state index contributed by atoms with van der Waals surface area (Å²) in [5.41, 5.74) is 5.49. The number of amides is 1. The number of benzene rings is 2. The van der Waals surface area contributed by atoms with Gasteiger partial charge >= 0.3 is 0 Å². The normalized spacial score (nSPS) is 18.5. The van der Waals surface area contributed by atoms with Crippen molar-refractivity contribution in [2.75, 3.05) is 18.0 Å². The second-order valence-electron chi connectivity index (χ2n) is 7.78. The third-order valence-corrected chi connectivity index (χ3v) is 5.53. The Kier molecular flexibility index (Phi) is 5.65. The number of nitrogens with one attached hydrogen (secondary N) is 1. The van der Waals surface area contributed by atoms with Gasteiger partial charge in [0, 0.05) is 24.3 Å². The predicted octanol–water partition coefficient (Wildman–Crippen LogP) is 5.03. The summed E-state index contributed by atoms with van der Waals surface area (Å²) in [6, 6.07) is 14.5. The van der Waals surface area contributed by atoms with E-state index in [0.717, 1.165) is 35.7 Å². The topological polar surface area (TPSA) is 32.3 Å². The summed E-state index contributed by atoms with van der Waals surface area (Å²) >= 11 is 0. The third-order valence-electron chi connectivity index (χ3n) is 5.53. The van der Waals surface area contributed by atoms with Gasteiger partial charge in [-0.15, -0.1) is 0 Å². The van der Waals surface area contributed by atoms with Crippen LogP contribution >= 0.6 is 0 Å². The summed E-state index contributed by atoms with van der Waals surface area (Å²) in [6.07, 6.45) is 2.60. The first-order valence-corrected chi connectivity index (χ1v) is 9.67. The molecule has 0 saturated carbocycles. The predicted molar refractivity (Wildman–Crippen MR) is 109 cm³/mol. The maximum absolute atomic E-state index is 12.5. The van der Waals surface area contributed by atoms with Crippen LogP contribution < -0.4 is 10.2 Å². The van der Waals surface area contributed by atoms with Gasteiger partial charge in [-0.05, 0) is 80.5 Å². The smallest absolute Gasteiger partial charge is 0.251 e. The highest BCUT2D eigenvalue weighted by atomic mass is 16.1. The summed E-state index contributed by atoms with van der Waals surface area (Å²) in [6.45, 7) is 10.7. The van der Waals surface area contributed by atoms with E-state index < -0.39 is 0 Å². The molecule has 1 N–H and O–H groups in total. The fraction of sp³-hybridized carbons (Fsp3) is 0.435. The maximum atomic E-state index is 12.5. The Morgan fingerprint density at radius 2 is 1.85 bits per heavy atom. The quantitative estimate of drug-likeness (QED) is 0.839. The first-order chi connectivity index (χ1) is 12.4. The molecule has 1 saturated heterocycles. The van der Waals surface area contributed by atoms with E-state index in [9.17, 15) is 4.79 Å². The van der Waals surface area contributed by atoms with E-state index in [-0.39, 0.29) is 11.9 Å². The van der Waals surface area contributed by atoms with E-state index >= 15 is 0 Å². The van der Waals surface area contributed by atoms with Crippen LogP contribution in [0.4, 0.5) is 5.69 Å². The summed E-state index contributed by atoms with van der Waals surface area (Å²) in [5, 5.41) is 3.11. The molecule has 0 radical (unpaired) electrons. The zero-order chi connectivity index (χ0) is 18.7. The van der Waals surface area contributed by atoms with Gasteiger partial charge in [0.25, 0.3) is 5.91 Å². The zero-order valence-electron chi connectivity index (χ0n) is 16.4. The number of rotatable bonds is 4. The van der Waals surface area contributed by atoms with Crippen molar-refractivity contribution in [1.29, 1.82) is 0 Å². The minimum absolute atomic E-state index is 0.0153. The first kappa shape index (κ1) is 18.5. The summed E-state index contributed by atoms with van der Waals surface area (Å²) in [4.78, 5) is 15.0. The molecule has 0 unspecified atom stereocenters. The van der Waals surface area contributed by atoms with Gasteiger partial charge in [-0.2, -0.15) is 0 Å². The lowest BCUT2D eigenvalue weighted by atomic mass is 9.99. The molecule has 1 fully saturated rings. The molecule has 138 valence electrons. The number of aryl methyl sites for hydroxylation is 2. The fourth-order valence-electron chi connectivity index (χ4n) is 3.64. The third kappa shape index (κ3) is 4.27. The molecule has 3 heteroatoms. The Labute approximate surface area is 157 Å². The molecule has 2 aromatic carbocycles. The molecule has 0 spiro atoms. The minimum atomic E-state index is -0.0190. The van der Waals surface area contributed by atoms with Crippen LogP contribution in [-0.2, 0) is 0 Å². The van der Waals surface area contributed by atoms with Crippen LogP contribution in [0.5, 0.6) is 0 Å². The fourth-order valence-corrected chi connectivity index (χ4v) is 3.64. The zero-order valence-corrected chi connectivity index (χ0v) is 16.4. The van der Waals surface area contributed by atoms with Crippen molar-refractivity contribution in [1.82, 2.24) is 5.32 Å². The van der Waals surface area contributed by atoms with Crippen LogP contribution in [0.15, 0.2) is 42.5 Å². The number of carbonyl (C=O) groups is 1. The van der Waals surface area contributed by atoms with Crippen LogP contribution in [0.1, 0.15) is 59.8 Å². The number of hydrogen-bond donors (Lipinski definition) is 1. The standard InChI is InChI=1S/C23H30N2O/c1-16-6-5-13-25(15-16)22-11-9-20(10-12-22)19(4)24-23(26)21-8-7-17(2)18(3)14-21/h7-12,14,16,19H,5-6,13,15H2,1-4H3,(H,24,26)/t16-,19-/m1/s1. The summed E-state index contributed by atoms with van der Waals surface area (Å²) < 4.78 is 0. The van der Waals surface area contributed by atoms with Crippen LogP contribution in [-0.4, -0.2) is 19.0 Å². The van der Waals surface area contributed by atoms with Gasteiger partial charge in [0.1, 0.15) is 0 Å². The molecule has 2 aromatic rings. The second-order valence-corrected chi connectivity index (χ2v) is 7.78. The van der Waals surface area contributed by atoms with Gasteiger partial charge in [-0.25, -0.2) is 0 Å². The van der Waals surface area contributed by atoms with Crippen LogP contribution in [0.25, 0.3) is 0 Å². The van der Waals surface area contributed by atoms with E-state index in [1.165, 1.54) is 24.1 Å². The van der Waals surface area contributed by atoms with Gasteiger partial charge < -0.3 is 10.2 Å². The number of carbonyl (C=O) groups excluding carboxylic acids is 1. The maximum Gasteiger partial charge on any atom is 0.251 e. The Hall–Kier alpha value is -2.29. The highest BCUT2D eigenvalue weighted by Crippen LogP contribution is 2.24. The van der Waals surface area contributed by atoms with Gasteiger partial charge in [0.2, 0.25) is 0 Å². The average Bonchev–Trinajstić information content (AvgIpc) is 2.64.